The van der Waals surface area contributed by atoms with Gasteiger partial charge in [-0.25, -0.2) is 4.79 Å². The lowest BCUT2D eigenvalue weighted by molar-refractivity contribution is -0.133. The van der Waals surface area contributed by atoms with Crippen LogP contribution in [0.15, 0.2) is 0 Å². The van der Waals surface area contributed by atoms with Gasteiger partial charge in [0.1, 0.15) is 0 Å². The molecule has 2 atom stereocenters. The Hall–Kier alpha value is -1.01. The van der Waals surface area contributed by atoms with Crippen LogP contribution in [-0.2, 0) is 14.3 Å². The molecular weight excluding hydrogens is 168 g/mol. The highest BCUT2D eigenvalue weighted by Crippen LogP contribution is 2.19. The predicted molar refractivity (Wildman–Crippen MR) is 47.9 cm³/mol. The van der Waals surface area contributed by atoms with E-state index < -0.39 is 5.97 Å². The van der Waals surface area contributed by atoms with Gasteiger partial charge in [0.15, 0.2) is 0 Å². The second-order valence-corrected chi connectivity index (χ2v) is 3.10. The molecule has 1 aliphatic rings. The first-order chi connectivity index (χ1) is 6.24. The van der Waals surface area contributed by atoms with E-state index in [2.05, 4.69) is 16.6 Å². The van der Waals surface area contributed by atoms with Crippen molar-refractivity contribution in [1.29, 1.82) is 0 Å². The van der Waals surface area contributed by atoms with E-state index in [9.17, 15) is 4.79 Å². The quantitative estimate of drug-likeness (QED) is 0.344. The Morgan fingerprint density at radius 1 is 1.69 bits per heavy atom. The maximum Gasteiger partial charge on any atom is 0.384 e. The standard InChI is InChI=1S/C10H14O3/c1-8(5-6-10(11)12-2)9-4-3-7-13-9/h8-9H,3-4,7H2,1-2H3. The van der Waals surface area contributed by atoms with Crippen molar-refractivity contribution in [1.82, 2.24) is 0 Å². The zero-order valence-electron chi connectivity index (χ0n) is 8.00. The average Bonchev–Trinajstić information content (AvgIpc) is 2.66. The van der Waals surface area contributed by atoms with E-state index in [1.54, 1.807) is 0 Å². The third-order valence-electron chi connectivity index (χ3n) is 2.11. The number of carbonyl (C=O) groups excluding carboxylic acids is 1. The van der Waals surface area contributed by atoms with Crippen molar-refractivity contribution < 1.29 is 14.3 Å². The molecule has 0 aromatic heterocycles. The summed E-state index contributed by atoms with van der Waals surface area (Å²) in [6.07, 6.45) is 2.32. The Morgan fingerprint density at radius 2 is 2.46 bits per heavy atom. The van der Waals surface area contributed by atoms with Gasteiger partial charge in [-0.1, -0.05) is 5.92 Å². The van der Waals surface area contributed by atoms with Crippen LogP contribution in [0.5, 0.6) is 0 Å². The molecule has 1 heterocycles. The molecule has 0 saturated carbocycles. The third-order valence-corrected chi connectivity index (χ3v) is 2.11. The predicted octanol–water partition coefficient (Wildman–Crippen LogP) is 0.978. The Morgan fingerprint density at radius 3 is 3.00 bits per heavy atom. The fourth-order valence-corrected chi connectivity index (χ4v) is 1.31. The molecule has 0 amide bonds. The van der Waals surface area contributed by atoms with E-state index in [1.165, 1.54) is 7.11 Å². The molecule has 72 valence electrons. The minimum absolute atomic E-state index is 0.113. The van der Waals surface area contributed by atoms with Gasteiger partial charge >= 0.3 is 5.97 Å². The number of hydrogen-bond acceptors (Lipinski definition) is 3. The second kappa shape index (κ2) is 4.88. The summed E-state index contributed by atoms with van der Waals surface area (Å²) in [5.74, 6) is 4.87. The molecule has 1 rings (SSSR count). The van der Waals surface area contributed by atoms with E-state index in [1.807, 2.05) is 6.92 Å². The number of ether oxygens (including phenoxy) is 2. The molecule has 0 radical (unpaired) electrons. The van der Waals surface area contributed by atoms with Gasteiger partial charge in [0.25, 0.3) is 0 Å². The largest absolute Gasteiger partial charge is 0.459 e. The molecule has 0 spiro atoms. The molecule has 13 heavy (non-hydrogen) atoms. The van der Waals surface area contributed by atoms with Gasteiger partial charge in [0.2, 0.25) is 0 Å². The van der Waals surface area contributed by atoms with Crippen LogP contribution in [0.2, 0.25) is 0 Å². The molecule has 1 saturated heterocycles. The van der Waals surface area contributed by atoms with Crippen molar-refractivity contribution in [3.05, 3.63) is 0 Å². The Labute approximate surface area is 78.4 Å². The first kappa shape index (κ1) is 10.1. The summed E-state index contributed by atoms with van der Waals surface area (Å²) in [5, 5.41) is 0. The summed E-state index contributed by atoms with van der Waals surface area (Å²) in [7, 11) is 1.33. The van der Waals surface area contributed by atoms with Crippen LogP contribution in [-0.4, -0.2) is 25.8 Å². The van der Waals surface area contributed by atoms with E-state index in [0.717, 1.165) is 19.4 Å². The average molecular weight is 182 g/mol. The monoisotopic (exact) mass is 182 g/mol. The van der Waals surface area contributed by atoms with Crippen molar-refractivity contribution in [3.8, 4) is 11.8 Å². The highest BCUT2D eigenvalue weighted by atomic mass is 16.5. The molecule has 3 nitrogen and oxygen atoms in total. The molecule has 0 aromatic rings. The normalized spacial score (nSPS) is 23.1. The third kappa shape index (κ3) is 3.08. The summed E-state index contributed by atoms with van der Waals surface area (Å²) in [6, 6.07) is 0. The smallest absolute Gasteiger partial charge is 0.384 e. The van der Waals surface area contributed by atoms with Crippen LogP contribution in [0.3, 0.4) is 0 Å². The van der Waals surface area contributed by atoms with E-state index in [4.69, 9.17) is 4.74 Å². The van der Waals surface area contributed by atoms with Gasteiger partial charge in [-0.2, -0.15) is 0 Å². The number of methoxy groups -OCH3 is 1. The summed E-state index contributed by atoms with van der Waals surface area (Å²) in [5.41, 5.74) is 0. The molecule has 2 unspecified atom stereocenters. The highest BCUT2D eigenvalue weighted by Gasteiger charge is 2.20. The van der Waals surface area contributed by atoms with E-state index in [0.29, 0.717) is 0 Å². The van der Waals surface area contributed by atoms with Crippen molar-refractivity contribution in [2.24, 2.45) is 5.92 Å². The van der Waals surface area contributed by atoms with Gasteiger partial charge < -0.3 is 9.47 Å². The van der Waals surface area contributed by atoms with Crippen LogP contribution in [0.1, 0.15) is 19.8 Å². The van der Waals surface area contributed by atoms with E-state index >= 15 is 0 Å². The zero-order chi connectivity index (χ0) is 9.68. The summed E-state index contributed by atoms with van der Waals surface area (Å²) < 4.78 is 9.84. The molecule has 0 N–H and O–H groups in total. The van der Waals surface area contributed by atoms with Crippen molar-refractivity contribution in [2.75, 3.05) is 13.7 Å². The SMILES string of the molecule is COC(=O)C#CC(C)C1CCCO1. The minimum atomic E-state index is -0.482. The first-order valence-electron chi connectivity index (χ1n) is 4.45. The number of carbonyl (C=O) groups is 1. The van der Waals surface area contributed by atoms with Crippen molar-refractivity contribution in [3.63, 3.8) is 0 Å². The Balaban J connectivity index is 2.41. The van der Waals surface area contributed by atoms with Crippen molar-refractivity contribution >= 4 is 5.97 Å². The van der Waals surface area contributed by atoms with Gasteiger partial charge in [-0.3, -0.25) is 0 Å². The summed E-state index contributed by atoms with van der Waals surface area (Å²) in [4.78, 5) is 10.7. The molecule has 3 heteroatoms. The summed E-state index contributed by atoms with van der Waals surface area (Å²) >= 11 is 0. The van der Waals surface area contributed by atoms with Crippen molar-refractivity contribution in [2.45, 2.75) is 25.9 Å². The second-order valence-electron chi connectivity index (χ2n) is 3.10. The fraction of sp³-hybridized carbons (Fsp3) is 0.700. The van der Waals surface area contributed by atoms with Gasteiger partial charge in [-0.05, 0) is 19.8 Å². The lowest BCUT2D eigenvalue weighted by atomic mass is 10.0. The number of hydrogen-bond donors (Lipinski definition) is 0. The summed E-state index contributed by atoms with van der Waals surface area (Å²) in [6.45, 7) is 2.78. The molecular formula is C10H14O3. The van der Waals surface area contributed by atoms with Crippen LogP contribution in [0.4, 0.5) is 0 Å². The molecule has 0 aromatic carbocycles. The number of esters is 1. The maximum atomic E-state index is 10.7. The van der Waals surface area contributed by atoms with Crippen LogP contribution in [0, 0.1) is 17.8 Å². The van der Waals surface area contributed by atoms with Crippen LogP contribution >= 0.6 is 0 Å². The highest BCUT2D eigenvalue weighted by molar-refractivity contribution is 5.88. The Bertz CT molecular complexity index is 230. The van der Waals surface area contributed by atoms with Gasteiger partial charge in [-0.15, -0.1) is 0 Å². The Kier molecular flexibility index (Phi) is 3.78. The number of rotatable bonds is 1. The first-order valence-corrected chi connectivity index (χ1v) is 4.45. The lowest BCUT2D eigenvalue weighted by Crippen LogP contribution is -2.15. The molecule has 1 fully saturated rings. The fourth-order valence-electron chi connectivity index (χ4n) is 1.31. The molecule has 0 bridgehead atoms. The molecule has 1 aliphatic heterocycles. The van der Waals surface area contributed by atoms with Crippen LogP contribution in [0.25, 0.3) is 0 Å². The lowest BCUT2D eigenvalue weighted by Gasteiger charge is -2.11. The van der Waals surface area contributed by atoms with E-state index in [-0.39, 0.29) is 12.0 Å². The van der Waals surface area contributed by atoms with Gasteiger partial charge in [0, 0.05) is 18.4 Å². The zero-order valence-corrected chi connectivity index (χ0v) is 8.00. The maximum absolute atomic E-state index is 10.7. The molecule has 0 aliphatic carbocycles. The topological polar surface area (TPSA) is 35.5 Å². The van der Waals surface area contributed by atoms with Gasteiger partial charge in [0.05, 0.1) is 13.2 Å². The van der Waals surface area contributed by atoms with Crippen LogP contribution < -0.4 is 0 Å². The minimum Gasteiger partial charge on any atom is -0.459 e.